The van der Waals surface area contributed by atoms with Gasteiger partial charge in [-0.2, -0.15) is 0 Å². The molecule has 0 radical (unpaired) electrons. The number of hydrogen-bond donors (Lipinski definition) is 0. The van der Waals surface area contributed by atoms with Crippen molar-refractivity contribution in [2.45, 2.75) is 41.5 Å². The zero-order valence-corrected chi connectivity index (χ0v) is 24.2. The fourth-order valence-corrected chi connectivity index (χ4v) is 11.5. The van der Waals surface area contributed by atoms with E-state index in [0.717, 1.165) is 49.7 Å². The average Bonchev–Trinajstić information content (AvgIpc) is 2.59. The lowest BCUT2D eigenvalue weighted by Gasteiger charge is -2.30. The molecule has 3 aromatic carbocycles. The molecule has 0 saturated carbocycles. The van der Waals surface area contributed by atoms with Crippen LogP contribution >= 0.6 is 55.4 Å². The van der Waals surface area contributed by atoms with Crippen LogP contribution < -0.4 is 5.19 Å². The van der Waals surface area contributed by atoms with E-state index in [9.17, 15) is 0 Å². The van der Waals surface area contributed by atoms with Crippen molar-refractivity contribution in [2.24, 2.45) is 0 Å². The van der Waals surface area contributed by atoms with Crippen molar-refractivity contribution < 1.29 is 0 Å². The lowest BCUT2D eigenvalue weighted by Crippen LogP contribution is -2.54. The molecule has 0 unspecified atom stereocenters. The minimum atomic E-state index is -3.47. The summed E-state index contributed by atoms with van der Waals surface area (Å²) in [6.45, 7) is 12.6. The molecule has 0 atom stereocenters. The van der Waals surface area contributed by atoms with Gasteiger partial charge in [-0.15, -0.1) is 55.4 Å². The zero-order chi connectivity index (χ0) is 23.3. The van der Waals surface area contributed by atoms with Gasteiger partial charge in [0.15, 0.2) is 0 Å². The molecule has 7 heteroatoms. The van der Waals surface area contributed by atoms with Gasteiger partial charge in [0.1, 0.15) is 0 Å². The van der Waals surface area contributed by atoms with Crippen LogP contribution in [0, 0.1) is 41.5 Å². The second-order valence-electron chi connectivity index (χ2n) is 8.35. The van der Waals surface area contributed by atoms with Crippen molar-refractivity contribution in [1.29, 1.82) is 0 Å². The van der Waals surface area contributed by atoms with Gasteiger partial charge in [0.05, 0.1) is 0 Å². The summed E-state index contributed by atoms with van der Waals surface area (Å²) in [6, 6.07) is 14.8. The Kier molecular flexibility index (Phi) is 7.36. The van der Waals surface area contributed by atoms with Crippen molar-refractivity contribution in [3.8, 4) is 22.3 Å². The first-order valence-electron chi connectivity index (χ1n) is 10.00. The molecule has 0 fully saturated rings. The number of halogens is 5. The predicted octanol–water partition coefficient (Wildman–Crippen LogP) is 8.73. The zero-order valence-electron chi connectivity index (χ0n) is 18.4. The van der Waals surface area contributed by atoms with E-state index in [-0.39, 0.29) is 0 Å². The first-order chi connectivity index (χ1) is 14.3. The monoisotopic (exact) mass is 544 g/mol. The molecule has 0 nitrogen and oxygen atoms in total. The van der Waals surface area contributed by atoms with Gasteiger partial charge >= 0.3 is 11.7 Å². The molecule has 3 rings (SSSR count). The van der Waals surface area contributed by atoms with Crippen LogP contribution in [0.1, 0.15) is 33.4 Å². The van der Waals surface area contributed by atoms with Crippen LogP contribution in [0.2, 0.25) is 0 Å². The molecule has 31 heavy (non-hydrogen) atoms. The summed E-state index contributed by atoms with van der Waals surface area (Å²) in [5.41, 5.74) is 7.68. The summed E-state index contributed by atoms with van der Waals surface area (Å²) in [5.74, 6) is 0. The number of rotatable bonds is 4. The van der Waals surface area contributed by atoms with Crippen molar-refractivity contribution in [3.05, 3.63) is 75.8 Å². The largest absolute Gasteiger partial charge is 0.363 e. The minimum Gasteiger partial charge on any atom is -0.139 e. The van der Waals surface area contributed by atoms with E-state index in [0.29, 0.717) is 0 Å². The predicted molar refractivity (Wildman–Crippen MR) is 146 cm³/mol. The molecule has 0 saturated heterocycles. The van der Waals surface area contributed by atoms with Crippen LogP contribution in [0.15, 0.2) is 42.5 Å². The Morgan fingerprint density at radius 2 is 0.871 bits per heavy atom. The Morgan fingerprint density at radius 3 is 1.16 bits per heavy atom. The van der Waals surface area contributed by atoms with E-state index in [1.54, 1.807) is 0 Å². The number of hydrogen-bond acceptors (Lipinski definition) is 0. The Bertz CT molecular complexity index is 1040. The highest BCUT2D eigenvalue weighted by Gasteiger charge is 2.56. The number of aryl methyl sites for hydroxylation is 6. The first-order valence-corrected chi connectivity index (χ1v) is 20.1. The lowest BCUT2D eigenvalue weighted by molar-refractivity contribution is 1.31. The smallest absolute Gasteiger partial charge is 0.139 e. The van der Waals surface area contributed by atoms with Crippen molar-refractivity contribution in [2.75, 3.05) is 0 Å². The van der Waals surface area contributed by atoms with Gasteiger partial charge in [-0.25, -0.2) is 0 Å². The van der Waals surface area contributed by atoms with Gasteiger partial charge in [0.2, 0.25) is 0 Å². The van der Waals surface area contributed by atoms with Gasteiger partial charge in [-0.3, -0.25) is 0 Å². The van der Waals surface area contributed by atoms with Gasteiger partial charge in [-0.05, 0) is 91.2 Å². The van der Waals surface area contributed by atoms with E-state index in [4.69, 9.17) is 55.4 Å². The van der Waals surface area contributed by atoms with Crippen LogP contribution in [0.3, 0.4) is 0 Å². The Labute approximate surface area is 210 Å². The topological polar surface area (TPSA) is 0 Å². The molecule has 3 aromatic rings. The molecule has 0 aliphatic rings. The van der Waals surface area contributed by atoms with E-state index in [2.05, 4.69) is 77.9 Å². The van der Waals surface area contributed by atoms with Crippen LogP contribution in [-0.2, 0) is 0 Å². The third kappa shape index (κ3) is 4.77. The molecule has 0 aliphatic carbocycles. The van der Waals surface area contributed by atoms with Crippen LogP contribution in [0.4, 0.5) is 0 Å². The quantitative estimate of drug-likeness (QED) is 0.227. The Balaban J connectivity index is 2.51. The SMILES string of the molecule is Cc1cc(C)c(-c2cccc(-c3c(C)cc(C)cc3C)c2[Si](Cl)(Cl)[Si](Cl)(Cl)Cl)c(C)c1. The first kappa shape index (κ1) is 25.2. The fraction of sp³-hybridized carbons (Fsp3) is 0.250. The van der Waals surface area contributed by atoms with E-state index < -0.39 is 11.7 Å². The van der Waals surface area contributed by atoms with Gasteiger partial charge in [-0.1, -0.05) is 53.6 Å². The van der Waals surface area contributed by atoms with Crippen molar-refractivity contribution in [1.82, 2.24) is 0 Å². The van der Waals surface area contributed by atoms with E-state index in [1.165, 1.54) is 11.1 Å². The molecular formula is C24H25Cl5Si2. The van der Waals surface area contributed by atoms with Gasteiger partial charge < -0.3 is 0 Å². The summed E-state index contributed by atoms with van der Waals surface area (Å²) in [4.78, 5) is 0. The van der Waals surface area contributed by atoms with Gasteiger partial charge in [0.25, 0.3) is 0 Å². The summed E-state index contributed by atoms with van der Waals surface area (Å²) < 4.78 is 0. The Hall–Kier alpha value is -0.456. The van der Waals surface area contributed by atoms with Crippen LogP contribution in [0.25, 0.3) is 22.3 Å². The molecule has 164 valence electrons. The van der Waals surface area contributed by atoms with Gasteiger partial charge in [0, 0.05) is 0 Å². The van der Waals surface area contributed by atoms with Crippen molar-refractivity contribution >= 4 is 72.3 Å². The summed E-state index contributed by atoms with van der Waals surface area (Å²) in [7, 11) is 0. The molecule has 0 heterocycles. The maximum absolute atomic E-state index is 7.09. The summed E-state index contributed by atoms with van der Waals surface area (Å²) >= 11 is 33.8. The second-order valence-corrected chi connectivity index (χ2v) is 31.1. The summed E-state index contributed by atoms with van der Waals surface area (Å²) in [6.07, 6.45) is -3.47. The number of benzene rings is 3. The highest BCUT2D eigenvalue weighted by molar-refractivity contribution is 8.04. The molecule has 0 N–H and O–H groups in total. The average molecular weight is 547 g/mol. The third-order valence-corrected chi connectivity index (χ3v) is 29.5. The van der Waals surface area contributed by atoms with E-state index >= 15 is 0 Å². The normalized spacial score (nSPS) is 12.4. The van der Waals surface area contributed by atoms with Crippen LogP contribution in [-0.4, -0.2) is 11.7 Å². The molecule has 0 bridgehead atoms. The standard InChI is InChI=1S/C24H25Cl5Si2/c1-14-10-16(3)22(17(4)11-14)20-8-7-9-21(24(20)30(25,26)31(27,28)29)23-18(5)12-15(2)13-19(23)6/h7-13H,1-6H3. The minimum absolute atomic E-state index is 0.801. The van der Waals surface area contributed by atoms with Crippen LogP contribution in [0.5, 0.6) is 0 Å². The third-order valence-electron chi connectivity index (χ3n) is 5.63. The highest BCUT2D eigenvalue weighted by Crippen LogP contribution is 2.43. The Morgan fingerprint density at radius 1 is 0.548 bits per heavy atom. The maximum Gasteiger partial charge on any atom is 0.363 e. The fourth-order valence-electron chi connectivity index (χ4n) is 4.66. The molecule has 0 spiro atoms. The molecule has 0 amide bonds. The lowest BCUT2D eigenvalue weighted by atomic mass is 9.89. The molecule has 0 aromatic heterocycles. The molecule has 0 aliphatic heterocycles. The van der Waals surface area contributed by atoms with E-state index in [1.807, 2.05) is 6.07 Å². The maximum atomic E-state index is 7.09. The second kappa shape index (κ2) is 9.06. The molecular weight excluding hydrogens is 522 g/mol. The van der Waals surface area contributed by atoms with Crippen molar-refractivity contribution in [3.63, 3.8) is 0 Å². The highest BCUT2D eigenvalue weighted by atomic mass is 35.9. The summed E-state index contributed by atoms with van der Waals surface area (Å²) in [5, 5.41) is 0.801.